The van der Waals surface area contributed by atoms with Crippen molar-refractivity contribution in [2.24, 2.45) is 4.99 Å². The van der Waals surface area contributed by atoms with Crippen molar-refractivity contribution in [2.75, 3.05) is 5.32 Å². The maximum atomic E-state index is 12.9. The molecule has 1 atom stereocenters. The number of anilines is 1. The molecule has 0 aromatic heterocycles. The van der Waals surface area contributed by atoms with Crippen LogP contribution in [0.15, 0.2) is 77.8 Å². The number of fused-ring (bicyclic) bond motifs is 1. The van der Waals surface area contributed by atoms with E-state index in [-0.39, 0.29) is 11.9 Å². The first-order valence-electron chi connectivity index (χ1n) is 7.63. The molecule has 0 saturated heterocycles. The Hall–Kier alpha value is -3.14. The molecule has 0 amide bonds. The fourth-order valence-electron chi connectivity index (χ4n) is 2.69. The van der Waals surface area contributed by atoms with Crippen LogP contribution >= 0.6 is 0 Å². The molecule has 1 heterocycles. The van der Waals surface area contributed by atoms with Gasteiger partial charge in [-0.05, 0) is 48.0 Å². The van der Waals surface area contributed by atoms with Crippen LogP contribution in [0.3, 0.4) is 0 Å². The first kappa shape index (κ1) is 14.5. The van der Waals surface area contributed by atoms with E-state index >= 15 is 0 Å². The first-order valence-corrected chi connectivity index (χ1v) is 7.63. The van der Waals surface area contributed by atoms with Gasteiger partial charge >= 0.3 is 0 Å². The summed E-state index contributed by atoms with van der Waals surface area (Å²) in [5.41, 5.74) is 3.19. The van der Waals surface area contributed by atoms with E-state index in [1.54, 1.807) is 12.1 Å². The van der Waals surface area contributed by atoms with Gasteiger partial charge in [0.15, 0.2) is 6.34 Å². The van der Waals surface area contributed by atoms with E-state index in [9.17, 15) is 4.39 Å². The lowest BCUT2D eigenvalue weighted by atomic mass is 9.97. The standard InChI is InChI=1S/C20H14FN2O/c21-15-7-11-17(12-8-15)24-16-9-5-14(6-10-16)20-18-3-1-2-4-19(18)22-13-23-20/h1-12,20H,(H,22,23). The molecule has 1 N–H and O–H groups in total. The molecule has 3 nitrogen and oxygen atoms in total. The Kier molecular flexibility index (Phi) is 3.71. The molecule has 0 aliphatic carbocycles. The molecule has 3 aromatic rings. The number of nitrogens with zero attached hydrogens (tertiary/aromatic N) is 1. The Morgan fingerprint density at radius 3 is 2.29 bits per heavy atom. The quantitative estimate of drug-likeness (QED) is 0.734. The second-order valence-corrected chi connectivity index (χ2v) is 5.48. The summed E-state index contributed by atoms with van der Waals surface area (Å²) in [4.78, 5) is 4.42. The molecule has 1 radical (unpaired) electrons. The second-order valence-electron chi connectivity index (χ2n) is 5.48. The molecule has 1 aliphatic heterocycles. The average Bonchev–Trinajstić information content (AvgIpc) is 2.64. The van der Waals surface area contributed by atoms with Crippen LogP contribution in [0.2, 0.25) is 0 Å². The lowest BCUT2D eigenvalue weighted by Crippen LogP contribution is -2.11. The summed E-state index contributed by atoms with van der Waals surface area (Å²) < 4.78 is 18.6. The van der Waals surface area contributed by atoms with Crippen LogP contribution in [0.1, 0.15) is 17.2 Å². The second kappa shape index (κ2) is 6.16. The zero-order valence-electron chi connectivity index (χ0n) is 12.7. The number of hydrogen-bond acceptors (Lipinski definition) is 3. The van der Waals surface area contributed by atoms with Crippen molar-refractivity contribution >= 4 is 12.0 Å². The summed E-state index contributed by atoms with van der Waals surface area (Å²) in [6.45, 7) is 0. The van der Waals surface area contributed by atoms with Crippen molar-refractivity contribution in [1.82, 2.24) is 0 Å². The molecule has 117 valence electrons. The summed E-state index contributed by atoms with van der Waals surface area (Å²) in [7, 11) is 0. The van der Waals surface area contributed by atoms with Gasteiger partial charge in [-0.15, -0.1) is 0 Å². The largest absolute Gasteiger partial charge is 0.457 e. The molecule has 24 heavy (non-hydrogen) atoms. The fourth-order valence-corrected chi connectivity index (χ4v) is 2.69. The smallest absolute Gasteiger partial charge is 0.169 e. The Labute approximate surface area is 139 Å². The van der Waals surface area contributed by atoms with Crippen molar-refractivity contribution in [1.29, 1.82) is 0 Å². The fraction of sp³-hybridized carbons (Fsp3) is 0.0500. The average molecular weight is 317 g/mol. The SMILES string of the molecule is Fc1ccc(Oc2ccc(C3N=[C]Nc4ccccc43)cc2)cc1. The van der Waals surface area contributed by atoms with E-state index in [2.05, 4.69) is 22.7 Å². The van der Waals surface area contributed by atoms with E-state index in [4.69, 9.17) is 4.74 Å². The van der Waals surface area contributed by atoms with Crippen LogP contribution < -0.4 is 10.1 Å². The van der Waals surface area contributed by atoms with Crippen LogP contribution in [-0.2, 0) is 0 Å². The topological polar surface area (TPSA) is 33.6 Å². The van der Waals surface area contributed by atoms with E-state index in [0.717, 1.165) is 16.8 Å². The van der Waals surface area contributed by atoms with Gasteiger partial charge in [0.25, 0.3) is 0 Å². The number of para-hydroxylation sites is 1. The molecule has 4 rings (SSSR count). The number of hydrogen-bond donors (Lipinski definition) is 1. The lowest BCUT2D eigenvalue weighted by molar-refractivity contribution is 0.480. The number of ether oxygens (including phenoxy) is 1. The minimum Gasteiger partial charge on any atom is -0.457 e. The Morgan fingerprint density at radius 1 is 0.875 bits per heavy atom. The highest BCUT2D eigenvalue weighted by Gasteiger charge is 2.19. The van der Waals surface area contributed by atoms with Crippen LogP contribution in [0.25, 0.3) is 0 Å². The van der Waals surface area contributed by atoms with Crippen molar-refractivity contribution in [2.45, 2.75) is 6.04 Å². The summed E-state index contributed by atoms with van der Waals surface area (Å²) in [5.74, 6) is 1.01. The molecule has 3 aromatic carbocycles. The molecule has 0 spiro atoms. The van der Waals surface area contributed by atoms with Gasteiger partial charge in [-0.3, -0.25) is 4.99 Å². The Balaban J connectivity index is 1.57. The third-order valence-electron chi connectivity index (χ3n) is 3.88. The number of benzene rings is 3. The molecular weight excluding hydrogens is 303 g/mol. The molecule has 4 heteroatoms. The zero-order chi connectivity index (χ0) is 16.4. The highest BCUT2D eigenvalue weighted by atomic mass is 19.1. The van der Waals surface area contributed by atoms with Gasteiger partial charge in [-0.25, -0.2) is 4.39 Å². The third-order valence-corrected chi connectivity index (χ3v) is 3.88. The van der Waals surface area contributed by atoms with Gasteiger partial charge < -0.3 is 10.1 Å². The lowest BCUT2D eigenvalue weighted by Gasteiger charge is -2.20. The predicted molar refractivity (Wildman–Crippen MR) is 92.3 cm³/mol. The third kappa shape index (κ3) is 2.86. The molecule has 0 saturated carbocycles. The van der Waals surface area contributed by atoms with E-state index in [0.29, 0.717) is 11.5 Å². The van der Waals surface area contributed by atoms with Gasteiger partial charge in [-0.2, -0.15) is 0 Å². The van der Waals surface area contributed by atoms with E-state index < -0.39 is 0 Å². The van der Waals surface area contributed by atoms with Gasteiger partial charge in [0.05, 0.1) is 0 Å². The minimum absolute atomic E-state index is 0.0812. The molecule has 0 bridgehead atoms. The van der Waals surface area contributed by atoms with E-state index in [1.807, 2.05) is 42.5 Å². The van der Waals surface area contributed by atoms with Crippen molar-refractivity contribution in [3.8, 4) is 11.5 Å². The van der Waals surface area contributed by atoms with Gasteiger partial charge in [0.1, 0.15) is 23.4 Å². The monoisotopic (exact) mass is 317 g/mol. The normalized spacial score (nSPS) is 15.5. The number of rotatable bonds is 3. The van der Waals surface area contributed by atoms with Crippen LogP contribution in [0.5, 0.6) is 11.5 Å². The summed E-state index contributed by atoms with van der Waals surface area (Å²) >= 11 is 0. The van der Waals surface area contributed by atoms with Gasteiger partial charge in [-0.1, -0.05) is 30.3 Å². The van der Waals surface area contributed by atoms with Gasteiger partial charge in [0, 0.05) is 11.3 Å². The predicted octanol–water partition coefficient (Wildman–Crippen LogP) is 5.04. The van der Waals surface area contributed by atoms with Gasteiger partial charge in [0.2, 0.25) is 0 Å². The minimum atomic E-state index is -0.281. The van der Waals surface area contributed by atoms with Crippen molar-refractivity contribution in [3.05, 3.63) is 89.7 Å². The van der Waals surface area contributed by atoms with Crippen LogP contribution in [0, 0.1) is 5.82 Å². The first-order chi connectivity index (χ1) is 11.8. The maximum absolute atomic E-state index is 12.9. The number of aliphatic imine (C=N–C) groups is 1. The molecule has 1 unspecified atom stereocenters. The number of nitrogens with one attached hydrogen (secondary N) is 1. The van der Waals surface area contributed by atoms with E-state index in [1.165, 1.54) is 12.1 Å². The Bertz CT molecular complexity index is 873. The summed E-state index contributed by atoms with van der Waals surface area (Å²) in [5, 5.41) is 3.04. The molecule has 1 aliphatic rings. The Morgan fingerprint density at radius 2 is 1.54 bits per heavy atom. The zero-order valence-corrected chi connectivity index (χ0v) is 12.7. The number of halogens is 1. The summed E-state index contributed by atoms with van der Waals surface area (Å²) in [6, 6.07) is 21.7. The maximum Gasteiger partial charge on any atom is 0.169 e. The highest BCUT2D eigenvalue weighted by molar-refractivity contribution is 5.81. The van der Waals surface area contributed by atoms with Crippen LogP contribution in [-0.4, -0.2) is 6.34 Å². The van der Waals surface area contributed by atoms with Crippen LogP contribution in [0.4, 0.5) is 10.1 Å². The van der Waals surface area contributed by atoms with Crippen molar-refractivity contribution < 1.29 is 9.13 Å². The highest BCUT2D eigenvalue weighted by Crippen LogP contribution is 2.34. The molecular formula is C20H14FN2O. The molecule has 0 fully saturated rings. The summed E-state index contributed by atoms with van der Waals surface area (Å²) in [6.07, 6.45) is 2.86. The van der Waals surface area contributed by atoms with Crippen molar-refractivity contribution in [3.63, 3.8) is 0 Å².